The standard InChI is InChI=1S/C18H16.C9H7N/c1-3-7-15-13(5-1)9-11-18-16-8-4-2-6-14(16)10-12-17(15)18;1-2-6-9-8(4-1)5-3-7-10-9/h1,3,5,7,9-12H,2,4,6,8H2;1-7H. The van der Waals surface area contributed by atoms with Crippen LogP contribution in [-0.2, 0) is 12.8 Å². The summed E-state index contributed by atoms with van der Waals surface area (Å²) in [6.45, 7) is 0. The maximum Gasteiger partial charge on any atom is 0.0701 e. The SMILES string of the molecule is c1ccc2c(c1)ccc1c3c(ccc12)CCCC3.c1ccc2ncccc2c1. The van der Waals surface area contributed by atoms with Gasteiger partial charge in [-0.25, -0.2) is 0 Å². The van der Waals surface area contributed by atoms with E-state index in [-0.39, 0.29) is 0 Å². The number of pyridine rings is 1. The third kappa shape index (κ3) is 3.14. The molecule has 0 saturated heterocycles. The summed E-state index contributed by atoms with van der Waals surface area (Å²) in [7, 11) is 0. The van der Waals surface area contributed by atoms with Gasteiger partial charge in [-0.1, -0.05) is 72.8 Å². The Labute approximate surface area is 165 Å². The molecule has 0 amide bonds. The number of hydrogen-bond acceptors (Lipinski definition) is 1. The van der Waals surface area contributed by atoms with Crippen molar-refractivity contribution >= 4 is 32.4 Å². The van der Waals surface area contributed by atoms with E-state index in [1.165, 1.54) is 52.6 Å². The van der Waals surface area contributed by atoms with Gasteiger partial charge >= 0.3 is 0 Å². The van der Waals surface area contributed by atoms with Crippen LogP contribution >= 0.6 is 0 Å². The van der Waals surface area contributed by atoms with Gasteiger partial charge in [0.05, 0.1) is 5.52 Å². The van der Waals surface area contributed by atoms with E-state index in [0.29, 0.717) is 0 Å². The third-order valence-corrected chi connectivity index (χ3v) is 5.77. The first-order valence-corrected chi connectivity index (χ1v) is 10.1. The molecule has 5 aromatic rings. The van der Waals surface area contributed by atoms with Crippen LogP contribution in [0.4, 0.5) is 0 Å². The topological polar surface area (TPSA) is 12.9 Å². The fourth-order valence-corrected chi connectivity index (χ4v) is 4.36. The van der Waals surface area contributed by atoms with Gasteiger partial charge in [-0.2, -0.15) is 0 Å². The summed E-state index contributed by atoms with van der Waals surface area (Å²) < 4.78 is 0. The molecule has 1 heteroatoms. The van der Waals surface area contributed by atoms with Gasteiger partial charge in [0.1, 0.15) is 0 Å². The molecular formula is C27H23N. The zero-order valence-corrected chi connectivity index (χ0v) is 15.9. The quantitative estimate of drug-likeness (QED) is 0.268. The van der Waals surface area contributed by atoms with Gasteiger partial charge in [0.2, 0.25) is 0 Å². The Kier molecular flexibility index (Phi) is 4.50. The molecule has 0 spiro atoms. The van der Waals surface area contributed by atoms with E-state index in [9.17, 15) is 0 Å². The maximum atomic E-state index is 4.18. The lowest BCUT2D eigenvalue weighted by Crippen LogP contribution is -2.02. The summed E-state index contributed by atoms with van der Waals surface area (Å²) in [5.41, 5.74) is 4.23. The Morgan fingerprint density at radius 1 is 0.536 bits per heavy atom. The van der Waals surface area contributed by atoms with Crippen LogP contribution in [-0.4, -0.2) is 4.98 Å². The largest absolute Gasteiger partial charge is 0.256 e. The van der Waals surface area contributed by atoms with Crippen LogP contribution in [0.15, 0.2) is 91.1 Å². The third-order valence-electron chi connectivity index (χ3n) is 5.77. The molecule has 0 bridgehead atoms. The number of aryl methyl sites for hydroxylation is 2. The van der Waals surface area contributed by atoms with Gasteiger partial charge in [-0.3, -0.25) is 4.98 Å². The van der Waals surface area contributed by atoms with Crippen molar-refractivity contribution in [2.45, 2.75) is 25.7 Å². The van der Waals surface area contributed by atoms with Gasteiger partial charge in [-0.15, -0.1) is 0 Å². The van der Waals surface area contributed by atoms with E-state index >= 15 is 0 Å². The first-order valence-electron chi connectivity index (χ1n) is 10.1. The predicted octanol–water partition coefficient (Wildman–Crippen LogP) is 7.11. The van der Waals surface area contributed by atoms with Gasteiger partial charge in [0.15, 0.2) is 0 Å². The summed E-state index contributed by atoms with van der Waals surface area (Å²) in [6, 6.07) is 30.1. The second kappa shape index (κ2) is 7.44. The molecule has 1 aliphatic rings. The predicted molar refractivity (Wildman–Crippen MR) is 120 cm³/mol. The van der Waals surface area contributed by atoms with Crippen molar-refractivity contribution in [2.75, 3.05) is 0 Å². The van der Waals surface area contributed by atoms with Gasteiger partial charge in [-0.05, 0) is 70.5 Å². The lowest BCUT2D eigenvalue weighted by Gasteiger charge is -2.18. The van der Waals surface area contributed by atoms with Crippen molar-refractivity contribution in [1.29, 1.82) is 0 Å². The summed E-state index contributed by atoms with van der Waals surface area (Å²) in [6.07, 6.45) is 7.02. The average molecular weight is 361 g/mol. The molecule has 1 aliphatic carbocycles. The number of fused-ring (bicyclic) bond motifs is 6. The zero-order chi connectivity index (χ0) is 18.8. The number of benzene rings is 4. The fraction of sp³-hybridized carbons (Fsp3) is 0.148. The van der Waals surface area contributed by atoms with Crippen molar-refractivity contribution in [3.8, 4) is 0 Å². The highest BCUT2D eigenvalue weighted by atomic mass is 14.6. The minimum Gasteiger partial charge on any atom is -0.256 e. The lowest BCUT2D eigenvalue weighted by molar-refractivity contribution is 0.690. The Balaban J connectivity index is 0.000000145. The van der Waals surface area contributed by atoms with Crippen molar-refractivity contribution in [2.24, 2.45) is 0 Å². The van der Waals surface area contributed by atoms with E-state index in [0.717, 1.165) is 5.52 Å². The van der Waals surface area contributed by atoms with E-state index in [1.54, 1.807) is 11.1 Å². The first-order chi connectivity index (χ1) is 13.9. The summed E-state index contributed by atoms with van der Waals surface area (Å²) in [5.74, 6) is 0. The number of para-hydroxylation sites is 1. The van der Waals surface area contributed by atoms with Crippen molar-refractivity contribution in [3.63, 3.8) is 0 Å². The number of rotatable bonds is 0. The monoisotopic (exact) mass is 361 g/mol. The molecule has 0 aliphatic heterocycles. The number of nitrogens with zero attached hydrogens (tertiary/aromatic N) is 1. The molecule has 4 aromatic carbocycles. The van der Waals surface area contributed by atoms with Crippen LogP contribution < -0.4 is 0 Å². The van der Waals surface area contributed by atoms with E-state index < -0.39 is 0 Å². The Morgan fingerprint density at radius 2 is 1.29 bits per heavy atom. The highest BCUT2D eigenvalue weighted by molar-refractivity contribution is 6.08. The molecule has 0 radical (unpaired) electrons. The van der Waals surface area contributed by atoms with Crippen LogP contribution in [0.2, 0.25) is 0 Å². The molecule has 28 heavy (non-hydrogen) atoms. The maximum absolute atomic E-state index is 4.18. The Bertz CT molecular complexity index is 1200. The lowest BCUT2D eigenvalue weighted by atomic mass is 9.86. The van der Waals surface area contributed by atoms with E-state index in [2.05, 4.69) is 65.6 Å². The number of hydrogen-bond donors (Lipinski definition) is 0. The average Bonchev–Trinajstić information content (AvgIpc) is 2.79. The number of aromatic nitrogens is 1. The highest BCUT2D eigenvalue weighted by Crippen LogP contribution is 2.33. The van der Waals surface area contributed by atoms with Crippen LogP contribution in [0.25, 0.3) is 32.4 Å². The molecule has 0 unspecified atom stereocenters. The van der Waals surface area contributed by atoms with Gasteiger partial charge < -0.3 is 0 Å². The molecule has 1 aromatic heterocycles. The summed E-state index contributed by atoms with van der Waals surface area (Å²) in [5, 5.41) is 6.84. The van der Waals surface area contributed by atoms with Crippen molar-refractivity contribution in [1.82, 2.24) is 4.98 Å². The second-order valence-electron chi connectivity index (χ2n) is 7.49. The summed E-state index contributed by atoms with van der Waals surface area (Å²) in [4.78, 5) is 4.18. The molecule has 0 N–H and O–H groups in total. The smallest absolute Gasteiger partial charge is 0.0701 e. The summed E-state index contributed by atoms with van der Waals surface area (Å²) >= 11 is 0. The van der Waals surface area contributed by atoms with Crippen LogP contribution in [0.3, 0.4) is 0 Å². The van der Waals surface area contributed by atoms with Crippen molar-refractivity contribution in [3.05, 3.63) is 102 Å². The second-order valence-corrected chi connectivity index (χ2v) is 7.49. The molecule has 0 saturated carbocycles. The Morgan fingerprint density at radius 3 is 2.21 bits per heavy atom. The van der Waals surface area contributed by atoms with E-state index in [4.69, 9.17) is 0 Å². The molecule has 0 atom stereocenters. The first kappa shape index (κ1) is 16.9. The van der Waals surface area contributed by atoms with E-state index in [1.807, 2.05) is 30.5 Å². The fourth-order valence-electron chi connectivity index (χ4n) is 4.36. The molecule has 136 valence electrons. The molecule has 1 heterocycles. The van der Waals surface area contributed by atoms with Crippen LogP contribution in [0.5, 0.6) is 0 Å². The minimum absolute atomic E-state index is 1.06. The van der Waals surface area contributed by atoms with Crippen molar-refractivity contribution < 1.29 is 0 Å². The van der Waals surface area contributed by atoms with Gasteiger partial charge in [0.25, 0.3) is 0 Å². The van der Waals surface area contributed by atoms with Crippen LogP contribution in [0, 0.1) is 0 Å². The highest BCUT2D eigenvalue weighted by Gasteiger charge is 2.13. The zero-order valence-electron chi connectivity index (χ0n) is 15.9. The molecule has 0 fully saturated rings. The Hall–Kier alpha value is -3.19. The van der Waals surface area contributed by atoms with Crippen LogP contribution in [0.1, 0.15) is 24.0 Å². The molecule has 1 nitrogen and oxygen atoms in total. The molecular weight excluding hydrogens is 338 g/mol. The van der Waals surface area contributed by atoms with Gasteiger partial charge in [0, 0.05) is 11.6 Å². The molecule has 6 rings (SSSR count). The minimum atomic E-state index is 1.06. The normalized spacial score (nSPS) is 13.1.